The van der Waals surface area contributed by atoms with Crippen LogP contribution in [0.15, 0.2) is 46.9 Å². The summed E-state index contributed by atoms with van der Waals surface area (Å²) in [4.78, 5) is 27.3. The molecule has 1 unspecified atom stereocenters. The predicted octanol–water partition coefficient (Wildman–Crippen LogP) is 3.34. The van der Waals surface area contributed by atoms with Crippen LogP contribution in [-0.4, -0.2) is 38.4 Å². The number of rotatable bonds is 7. The number of aromatic nitrogens is 3. The summed E-state index contributed by atoms with van der Waals surface area (Å²) in [6.45, 7) is 2.47. The minimum absolute atomic E-state index is 0.0433. The van der Waals surface area contributed by atoms with Crippen LogP contribution in [0.3, 0.4) is 0 Å². The molecular formula is C21H23N5O2S2. The van der Waals surface area contributed by atoms with Crippen molar-refractivity contribution in [2.75, 3.05) is 10.7 Å². The molecule has 0 saturated heterocycles. The molecule has 1 atom stereocenters. The third kappa shape index (κ3) is 4.27. The summed E-state index contributed by atoms with van der Waals surface area (Å²) in [6.07, 6.45) is 2.12. The number of hydrogen-bond donors (Lipinski definition) is 1. The van der Waals surface area contributed by atoms with Gasteiger partial charge in [-0.3, -0.25) is 9.59 Å². The van der Waals surface area contributed by atoms with E-state index >= 15 is 0 Å². The number of amides is 2. The van der Waals surface area contributed by atoms with Crippen LogP contribution in [-0.2, 0) is 22.6 Å². The van der Waals surface area contributed by atoms with Crippen molar-refractivity contribution < 1.29 is 9.59 Å². The van der Waals surface area contributed by atoms with Crippen molar-refractivity contribution in [2.45, 2.75) is 43.9 Å². The Hall–Kier alpha value is -2.65. The lowest BCUT2D eigenvalue weighted by Crippen LogP contribution is -2.43. The van der Waals surface area contributed by atoms with Gasteiger partial charge in [0.25, 0.3) is 0 Å². The number of anilines is 1. The van der Waals surface area contributed by atoms with Crippen LogP contribution in [0.25, 0.3) is 10.7 Å². The zero-order valence-electron chi connectivity index (χ0n) is 16.7. The van der Waals surface area contributed by atoms with E-state index in [9.17, 15) is 9.59 Å². The summed E-state index contributed by atoms with van der Waals surface area (Å²) in [5, 5.41) is 11.2. The van der Waals surface area contributed by atoms with E-state index in [2.05, 4.69) is 23.2 Å². The number of para-hydroxylation sites is 1. The standard InChI is InChI=1S/C21H23N5O2S2/c1-14-8-9-15-5-2-3-6-16(15)26(14)19(28)13-30-21-24-23-20(17-7-4-12-29-17)25(21)11-10-18(22)27/h2-7,12,14H,8-11,13H2,1H3,(H2,22,27). The van der Waals surface area contributed by atoms with E-state index in [0.717, 1.165) is 23.4 Å². The maximum absolute atomic E-state index is 13.1. The maximum Gasteiger partial charge on any atom is 0.237 e. The molecule has 0 saturated carbocycles. The fourth-order valence-corrected chi connectivity index (χ4v) is 5.21. The summed E-state index contributed by atoms with van der Waals surface area (Å²) in [6, 6.07) is 12.1. The van der Waals surface area contributed by atoms with E-state index in [1.54, 1.807) is 11.3 Å². The highest BCUT2D eigenvalue weighted by atomic mass is 32.2. The smallest absolute Gasteiger partial charge is 0.237 e. The highest BCUT2D eigenvalue weighted by molar-refractivity contribution is 7.99. The van der Waals surface area contributed by atoms with E-state index in [4.69, 9.17) is 5.73 Å². The number of thiophene rings is 1. The molecule has 1 aliphatic rings. The molecular weight excluding hydrogens is 418 g/mol. The molecule has 7 nitrogen and oxygen atoms in total. The Morgan fingerprint density at radius 1 is 1.23 bits per heavy atom. The molecule has 30 heavy (non-hydrogen) atoms. The first-order valence-electron chi connectivity index (χ1n) is 9.82. The van der Waals surface area contributed by atoms with E-state index in [1.807, 2.05) is 45.2 Å². The Balaban J connectivity index is 1.53. The van der Waals surface area contributed by atoms with Crippen LogP contribution in [0.5, 0.6) is 0 Å². The maximum atomic E-state index is 13.1. The average molecular weight is 442 g/mol. The summed E-state index contributed by atoms with van der Waals surface area (Å²) >= 11 is 2.90. The topological polar surface area (TPSA) is 94.1 Å². The Bertz CT molecular complexity index is 1050. The molecule has 1 aliphatic heterocycles. The van der Waals surface area contributed by atoms with Crippen LogP contribution in [0, 0.1) is 0 Å². The van der Waals surface area contributed by atoms with Crippen molar-refractivity contribution in [1.82, 2.24) is 14.8 Å². The van der Waals surface area contributed by atoms with Gasteiger partial charge < -0.3 is 15.2 Å². The second kappa shape index (κ2) is 9.01. The third-order valence-electron chi connectivity index (χ3n) is 5.16. The molecule has 0 fully saturated rings. The van der Waals surface area contributed by atoms with Gasteiger partial charge in [0.05, 0.1) is 10.6 Å². The highest BCUT2D eigenvalue weighted by Crippen LogP contribution is 2.32. The van der Waals surface area contributed by atoms with Gasteiger partial charge in [0.2, 0.25) is 11.8 Å². The molecule has 0 bridgehead atoms. The molecule has 3 aromatic rings. The van der Waals surface area contributed by atoms with Gasteiger partial charge in [0, 0.05) is 24.7 Å². The lowest BCUT2D eigenvalue weighted by molar-refractivity contribution is -0.118. The summed E-state index contributed by atoms with van der Waals surface area (Å²) < 4.78 is 1.88. The van der Waals surface area contributed by atoms with Crippen LogP contribution in [0.2, 0.25) is 0 Å². The SMILES string of the molecule is CC1CCc2ccccc2N1C(=O)CSc1nnc(-c2cccs2)n1CCC(N)=O. The van der Waals surface area contributed by atoms with E-state index in [0.29, 0.717) is 17.5 Å². The lowest BCUT2D eigenvalue weighted by atomic mass is 9.97. The van der Waals surface area contributed by atoms with Gasteiger partial charge in [-0.2, -0.15) is 0 Å². The number of nitrogens with zero attached hydrogens (tertiary/aromatic N) is 4. The molecule has 2 amide bonds. The largest absolute Gasteiger partial charge is 0.370 e. The highest BCUT2D eigenvalue weighted by Gasteiger charge is 2.28. The Kier molecular flexibility index (Phi) is 6.19. The molecule has 2 N–H and O–H groups in total. The summed E-state index contributed by atoms with van der Waals surface area (Å²) in [5.74, 6) is 0.601. The number of thioether (sulfide) groups is 1. The number of nitrogens with two attached hydrogens (primary N) is 1. The van der Waals surface area contributed by atoms with Gasteiger partial charge in [-0.15, -0.1) is 21.5 Å². The summed E-state index contributed by atoms with van der Waals surface area (Å²) in [5.41, 5.74) is 7.55. The zero-order chi connectivity index (χ0) is 21.1. The first-order valence-corrected chi connectivity index (χ1v) is 11.7. The van der Waals surface area contributed by atoms with Gasteiger partial charge >= 0.3 is 0 Å². The first-order chi connectivity index (χ1) is 14.5. The van der Waals surface area contributed by atoms with Crippen molar-refractivity contribution in [3.8, 4) is 10.7 Å². The van der Waals surface area contributed by atoms with Gasteiger partial charge in [-0.25, -0.2) is 0 Å². The minimum atomic E-state index is -0.383. The van der Waals surface area contributed by atoms with Crippen molar-refractivity contribution in [3.63, 3.8) is 0 Å². The molecule has 2 aromatic heterocycles. The quantitative estimate of drug-likeness (QED) is 0.568. The molecule has 9 heteroatoms. The fraction of sp³-hybridized carbons (Fsp3) is 0.333. The van der Waals surface area contributed by atoms with Gasteiger partial charge in [-0.05, 0) is 42.8 Å². The van der Waals surface area contributed by atoms with Crippen LogP contribution in [0.4, 0.5) is 5.69 Å². The lowest BCUT2D eigenvalue weighted by Gasteiger charge is -2.35. The van der Waals surface area contributed by atoms with Gasteiger partial charge in [0.1, 0.15) is 0 Å². The zero-order valence-corrected chi connectivity index (χ0v) is 18.3. The van der Waals surface area contributed by atoms with Crippen molar-refractivity contribution in [3.05, 3.63) is 47.3 Å². The van der Waals surface area contributed by atoms with E-state index in [-0.39, 0.29) is 30.0 Å². The molecule has 1 aromatic carbocycles. The second-order valence-electron chi connectivity index (χ2n) is 7.22. The van der Waals surface area contributed by atoms with Crippen LogP contribution < -0.4 is 10.6 Å². The predicted molar refractivity (Wildman–Crippen MR) is 120 cm³/mol. The number of primary amides is 1. The molecule has 0 spiro atoms. The molecule has 0 aliphatic carbocycles. The molecule has 4 rings (SSSR count). The van der Waals surface area contributed by atoms with Gasteiger partial charge in [0.15, 0.2) is 11.0 Å². The van der Waals surface area contributed by atoms with Gasteiger partial charge in [-0.1, -0.05) is 36.0 Å². The Morgan fingerprint density at radius 2 is 2.07 bits per heavy atom. The number of hydrogen-bond acceptors (Lipinski definition) is 6. The molecule has 3 heterocycles. The van der Waals surface area contributed by atoms with Crippen molar-refractivity contribution in [1.29, 1.82) is 0 Å². The first kappa shape index (κ1) is 20.6. The number of benzene rings is 1. The van der Waals surface area contributed by atoms with Crippen molar-refractivity contribution >= 4 is 40.6 Å². The summed E-state index contributed by atoms with van der Waals surface area (Å²) in [7, 11) is 0. The third-order valence-corrected chi connectivity index (χ3v) is 6.97. The Morgan fingerprint density at radius 3 is 2.83 bits per heavy atom. The number of fused-ring (bicyclic) bond motifs is 1. The number of carbonyl (C=O) groups is 2. The second-order valence-corrected chi connectivity index (χ2v) is 9.11. The number of aryl methyl sites for hydroxylation is 1. The van der Waals surface area contributed by atoms with Crippen LogP contribution >= 0.6 is 23.1 Å². The van der Waals surface area contributed by atoms with E-state index < -0.39 is 0 Å². The normalized spacial score (nSPS) is 15.8. The minimum Gasteiger partial charge on any atom is -0.370 e. The Labute approximate surface area is 183 Å². The number of carbonyl (C=O) groups excluding carboxylic acids is 2. The van der Waals surface area contributed by atoms with E-state index in [1.165, 1.54) is 17.3 Å². The fourth-order valence-electron chi connectivity index (χ4n) is 3.67. The average Bonchev–Trinajstić information content (AvgIpc) is 3.40. The monoisotopic (exact) mass is 441 g/mol. The van der Waals surface area contributed by atoms with Crippen molar-refractivity contribution in [2.24, 2.45) is 5.73 Å². The van der Waals surface area contributed by atoms with Crippen LogP contribution in [0.1, 0.15) is 25.3 Å². The molecule has 0 radical (unpaired) electrons. The molecule has 156 valence electrons.